The smallest absolute Gasteiger partial charge is 0.225 e. The van der Waals surface area contributed by atoms with Crippen molar-refractivity contribution in [2.45, 2.75) is 32.1 Å². The van der Waals surface area contributed by atoms with Crippen LogP contribution in [0.1, 0.15) is 32.1 Å². The van der Waals surface area contributed by atoms with E-state index in [0.29, 0.717) is 12.5 Å². The summed E-state index contributed by atoms with van der Waals surface area (Å²) in [5.74, 6) is 0.702. The van der Waals surface area contributed by atoms with Crippen molar-refractivity contribution < 1.29 is 13.2 Å². The minimum absolute atomic E-state index is 0.155. The molecular formula is C14H26N2O3S. The molecule has 6 heteroatoms. The van der Waals surface area contributed by atoms with Gasteiger partial charge >= 0.3 is 0 Å². The van der Waals surface area contributed by atoms with Gasteiger partial charge in [-0.05, 0) is 45.2 Å². The van der Waals surface area contributed by atoms with Gasteiger partial charge in [-0.1, -0.05) is 0 Å². The van der Waals surface area contributed by atoms with Gasteiger partial charge in [0.2, 0.25) is 5.91 Å². The van der Waals surface area contributed by atoms with Crippen molar-refractivity contribution in [1.29, 1.82) is 0 Å². The van der Waals surface area contributed by atoms with Crippen LogP contribution in [0, 0.1) is 5.92 Å². The average Bonchev–Trinajstić information content (AvgIpc) is 2.45. The van der Waals surface area contributed by atoms with Crippen LogP contribution in [-0.2, 0) is 14.6 Å². The zero-order valence-corrected chi connectivity index (χ0v) is 13.2. The van der Waals surface area contributed by atoms with E-state index in [-0.39, 0.29) is 11.7 Å². The van der Waals surface area contributed by atoms with Gasteiger partial charge < -0.3 is 9.80 Å². The summed E-state index contributed by atoms with van der Waals surface area (Å²) in [5.41, 5.74) is 0. The van der Waals surface area contributed by atoms with E-state index in [1.807, 2.05) is 4.90 Å². The van der Waals surface area contributed by atoms with Crippen molar-refractivity contribution in [3.63, 3.8) is 0 Å². The first-order valence-electron chi connectivity index (χ1n) is 7.64. The molecule has 2 fully saturated rings. The highest BCUT2D eigenvalue weighted by atomic mass is 32.2. The number of amides is 1. The molecule has 0 aliphatic carbocycles. The maximum absolute atomic E-state index is 12.4. The Balaban J connectivity index is 1.74. The molecule has 0 aromatic carbocycles. The first-order chi connectivity index (χ1) is 9.46. The van der Waals surface area contributed by atoms with Gasteiger partial charge in [0.05, 0.1) is 5.75 Å². The van der Waals surface area contributed by atoms with Crippen molar-refractivity contribution in [2.75, 3.05) is 44.7 Å². The van der Waals surface area contributed by atoms with E-state index in [0.717, 1.165) is 51.9 Å². The lowest BCUT2D eigenvalue weighted by molar-refractivity contribution is -0.138. The van der Waals surface area contributed by atoms with Crippen LogP contribution in [0.5, 0.6) is 0 Å². The Morgan fingerprint density at radius 3 is 2.20 bits per heavy atom. The Hall–Kier alpha value is -0.620. The molecule has 0 spiro atoms. The van der Waals surface area contributed by atoms with E-state index in [2.05, 4.69) is 4.90 Å². The van der Waals surface area contributed by atoms with E-state index < -0.39 is 9.84 Å². The summed E-state index contributed by atoms with van der Waals surface area (Å²) >= 11 is 0. The minimum atomic E-state index is -2.89. The first-order valence-corrected chi connectivity index (χ1v) is 9.70. The predicted molar refractivity (Wildman–Crippen MR) is 79.3 cm³/mol. The molecule has 2 aliphatic rings. The molecule has 0 aromatic rings. The van der Waals surface area contributed by atoms with E-state index >= 15 is 0 Å². The number of piperidine rings is 2. The summed E-state index contributed by atoms with van der Waals surface area (Å²) in [6, 6.07) is 0. The van der Waals surface area contributed by atoms with E-state index in [1.54, 1.807) is 0 Å². The minimum Gasteiger partial charge on any atom is -0.342 e. The van der Waals surface area contributed by atoms with E-state index in [4.69, 9.17) is 0 Å². The Morgan fingerprint density at radius 1 is 1.05 bits per heavy atom. The number of carbonyl (C=O) groups is 1. The largest absolute Gasteiger partial charge is 0.342 e. The number of nitrogens with zero attached hydrogens (tertiary/aromatic N) is 2. The standard InChI is InChI=1S/C14H26N2O3S/c1-20(18,19)12-11-15-9-5-13(6-10-15)14(17)16-7-3-2-4-8-16/h13H,2-12H2,1H3. The Bertz CT molecular complexity index is 422. The third-order valence-corrected chi connectivity index (χ3v) is 5.31. The number of hydrogen-bond donors (Lipinski definition) is 0. The molecule has 0 aromatic heterocycles. The summed E-state index contributed by atoms with van der Waals surface area (Å²) in [6.07, 6.45) is 6.55. The molecular weight excluding hydrogens is 276 g/mol. The molecule has 2 aliphatic heterocycles. The Morgan fingerprint density at radius 2 is 1.65 bits per heavy atom. The summed E-state index contributed by atoms with van der Waals surface area (Å²) in [4.78, 5) is 16.6. The van der Waals surface area contributed by atoms with Crippen LogP contribution in [0.4, 0.5) is 0 Å². The highest BCUT2D eigenvalue weighted by Gasteiger charge is 2.29. The fraction of sp³-hybridized carbons (Fsp3) is 0.929. The van der Waals surface area contributed by atoms with Crippen LogP contribution in [0.3, 0.4) is 0 Å². The monoisotopic (exact) mass is 302 g/mol. The molecule has 20 heavy (non-hydrogen) atoms. The molecule has 116 valence electrons. The highest BCUT2D eigenvalue weighted by molar-refractivity contribution is 7.90. The van der Waals surface area contributed by atoms with Gasteiger partial charge in [0.1, 0.15) is 9.84 Å². The molecule has 0 bridgehead atoms. The SMILES string of the molecule is CS(=O)(=O)CCN1CCC(C(=O)N2CCCCC2)CC1. The number of hydrogen-bond acceptors (Lipinski definition) is 4. The lowest BCUT2D eigenvalue weighted by Crippen LogP contribution is -2.45. The van der Waals surface area contributed by atoms with Crippen molar-refractivity contribution in [3.8, 4) is 0 Å². The van der Waals surface area contributed by atoms with Crippen LogP contribution < -0.4 is 0 Å². The van der Waals surface area contributed by atoms with Crippen LogP contribution >= 0.6 is 0 Å². The number of carbonyl (C=O) groups excluding carboxylic acids is 1. The van der Waals surface area contributed by atoms with Crippen molar-refractivity contribution in [3.05, 3.63) is 0 Å². The Labute approximate surface area is 122 Å². The summed E-state index contributed by atoms with van der Waals surface area (Å²) in [7, 11) is -2.89. The second kappa shape index (κ2) is 6.89. The predicted octanol–water partition coefficient (Wildman–Crippen LogP) is 0.756. The van der Waals surface area contributed by atoms with E-state index in [1.165, 1.54) is 12.7 Å². The van der Waals surface area contributed by atoms with Gasteiger partial charge in [0, 0.05) is 31.8 Å². The van der Waals surface area contributed by atoms with Crippen molar-refractivity contribution in [2.24, 2.45) is 5.92 Å². The van der Waals surface area contributed by atoms with E-state index in [9.17, 15) is 13.2 Å². The quantitative estimate of drug-likeness (QED) is 0.769. The second-order valence-corrected chi connectivity index (χ2v) is 8.39. The third kappa shape index (κ3) is 4.74. The average molecular weight is 302 g/mol. The van der Waals surface area contributed by atoms with Crippen LogP contribution in [-0.4, -0.2) is 68.9 Å². The maximum atomic E-state index is 12.4. The summed E-state index contributed by atoms with van der Waals surface area (Å²) < 4.78 is 22.3. The lowest BCUT2D eigenvalue weighted by Gasteiger charge is -2.35. The highest BCUT2D eigenvalue weighted by Crippen LogP contribution is 2.21. The Kier molecular flexibility index (Phi) is 5.43. The first kappa shape index (κ1) is 15.8. The topological polar surface area (TPSA) is 57.7 Å². The molecule has 1 amide bonds. The zero-order chi connectivity index (χ0) is 14.6. The fourth-order valence-electron chi connectivity index (χ4n) is 3.07. The number of likely N-dealkylation sites (tertiary alicyclic amines) is 2. The number of rotatable bonds is 4. The van der Waals surface area contributed by atoms with Gasteiger partial charge in [-0.15, -0.1) is 0 Å². The fourth-order valence-corrected chi connectivity index (χ4v) is 3.66. The van der Waals surface area contributed by atoms with Crippen molar-refractivity contribution in [1.82, 2.24) is 9.80 Å². The number of sulfone groups is 1. The van der Waals surface area contributed by atoms with Crippen LogP contribution in [0.15, 0.2) is 0 Å². The lowest BCUT2D eigenvalue weighted by atomic mass is 9.94. The molecule has 0 radical (unpaired) electrons. The van der Waals surface area contributed by atoms with Crippen LogP contribution in [0.25, 0.3) is 0 Å². The van der Waals surface area contributed by atoms with Crippen LogP contribution in [0.2, 0.25) is 0 Å². The molecule has 0 atom stereocenters. The van der Waals surface area contributed by atoms with Gasteiger partial charge in [-0.3, -0.25) is 4.79 Å². The summed E-state index contributed by atoms with van der Waals surface area (Å²) in [6.45, 7) is 4.14. The van der Waals surface area contributed by atoms with Gasteiger partial charge in [-0.25, -0.2) is 8.42 Å². The molecule has 5 nitrogen and oxygen atoms in total. The summed E-state index contributed by atoms with van der Waals surface area (Å²) in [5, 5.41) is 0. The zero-order valence-electron chi connectivity index (χ0n) is 12.4. The van der Waals surface area contributed by atoms with Gasteiger partial charge in [0.15, 0.2) is 0 Å². The van der Waals surface area contributed by atoms with Crippen molar-refractivity contribution >= 4 is 15.7 Å². The van der Waals surface area contributed by atoms with Gasteiger partial charge in [-0.2, -0.15) is 0 Å². The molecule has 0 unspecified atom stereocenters. The molecule has 2 heterocycles. The molecule has 2 rings (SSSR count). The molecule has 0 saturated carbocycles. The normalized spacial score (nSPS) is 22.9. The molecule has 2 saturated heterocycles. The van der Waals surface area contributed by atoms with Gasteiger partial charge in [0.25, 0.3) is 0 Å². The third-order valence-electron chi connectivity index (χ3n) is 4.38. The molecule has 0 N–H and O–H groups in total. The maximum Gasteiger partial charge on any atom is 0.225 e. The second-order valence-electron chi connectivity index (χ2n) is 6.13.